The lowest BCUT2D eigenvalue weighted by Crippen LogP contribution is -2.39. The second-order valence-electron chi connectivity index (χ2n) is 7.22. The lowest BCUT2D eigenvalue weighted by molar-refractivity contribution is -0.143. The van der Waals surface area contributed by atoms with Crippen LogP contribution in [-0.2, 0) is 4.79 Å². The highest BCUT2D eigenvalue weighted by atomic mass is 16.5. The van der Waals surface area contributed by atoms with Gasteiger partial charge in [0, 0.05) is 10.9 Å². The van der Waals surface area contributed by atoms with Gasteiger partial charge in [0.05, 0.1) is 30.3 Å². The fraction of sp³-hybridized carbons (Fsp3) is 0.304. The van der Waals surface area contributed by atoms with Crippen molar-refractivity contribution in [3.63, 3.8) is 0 Å². The molecule has 5 heteroatoms. The molecule has 1 saturated heterocycles. The van der Waals surface area contributed by atoms with Crippen LogP contribution >= 0.6 is 0 Å². The number of pyridine rings is 1. The lowest BCUT2D eigenvalue weighted by Gasteiger charge is -2.37. The number of rotatable bonds is 5. The van der Waals surface area contributed by atoms with Gasteiger partial charge >= 0.3 is 5.97 Å². The van der Waals surface area contributed by atoms with Crippen molar-refractivity contribution < 1.29 is 14.6 Å². The second kappa shape index (κ2) is 7.98. The van der Waals surface area contributed by atoms with Crippen molar-refractivity contribution in [3.05, 3.63) is 71.9 Å². The average molecular weight is 376 g/mol. The van der Waals surface area contributed by atoms with Crippen LogP contribution in [0.2, 0.25) is 0 Å². The molecule has 1 unspecified atom stereocenters. The van der Waals surface area contributed by atoms with Crippen LogP contribution in [0.15, 0.2) is 60.7 Å². The van der Waals surface area contributed by atoms with Gasteiger partial charge in [0.1, 0.15) is 5.75 Å². The van der Waals surface area contributed by atoms with Crippen molar-refractivity contribution in [2.75, 3.05) is 20.2 Å². The number of ether oxygens (including phenoxy) is 1. The van der Waals surface area contributed by atoms with Crippen LogP contribution in [-0.4, -0.2) is 41.2 Å². The summed E-state index contributed by atoms with van der Waals surface area (Å²) in [5, 5.41) is 10.5. The molecule has 1 N–H and O–H groups in total. The standard InChI is InChI=1S/C23H24N2O3/c1-28-21-9-5-3-7-18(21)22(25-14-12-17(13-15-25)23(26)27)20-11-10-16-6-2-4-8-19(16)24-20/h2-11,17,22H,12-15H2,1H3,(H,26,27). The molecule has 1 fully saturated rings. The van der Waals surface area contributed by atoms with E-state index >= 15 is 0 Å². The summed E-state index contributed by atoms with van der Waals surface area (Å²) in [7, 11) is 1.68. The summed E-state index contributed by atoms with van der Waals surface area (Å²) in [4.78, 5) is 18.6. The number of methoxy groups -OCH3 is 1. The van der Waals surface area contributed by atoms with Crippen molar-refractivity contribution in [1.82, 2.24) is 9.88 Å². The number of fused-ring (bicyclic) bond motifs is 1. The minimum Gasteiger partial charge on any atom is -0.496 e. The number of nitrogens with zero attached hydrogens (tertiary/aromatic N) is 2. The van der Waals surface area contributed by atoms with Crippen LogP contribution in [0.5, 0.6) is 5.75 Å². The highest BCUT2D eigenvalue weighted by Crippen LogP contribution is 2.36. The first-order valence-corrected chi connectivity index (χ1v) is 9.63. The van der Waals surface area contributed by atoms with Crippen molar-refractivity contribution in [1.29, 1.82) is 0 Å². The molecular formula is C23H24N2O3. The first-order valence-electron chi connectivity index (χ1n) is 9.63. The average Bonchev–Trinajstić information content (AvgIpc) is 2.74. The third-order valence-electron chi connectivity index (χ3n) is 5.58. The second-order valence-corrected chi connectivity index (χ2v) is 7.22. The quantitative estimate of drug-likeness (QED) is 0.725. The van der Waals surface area contributed by atoms with E-state index in [2.05, 4.69) is 29.2 Å². The molecule has 2 aromatic carbocycles. The molecule has 2 heterocycles. The molecule has 28 heavy (non-hydrogen) atoms. The number of aliphatic carboxylic acids is 1. The number of aromatic nitrogens is 1. The molecule has 1 aromatic heterocycles. The Morgan fingerprint density at radius 1 is 1.07 bits per heavy atom. The van der Waals surface area contributed by atoms with Crippen LogP contribution in [0.4, 0.5) is 0 Å². The minimum atomic E-state index is -0.697. The number of hydrogen-bond acceptors (Lipinski definition) is 4. The number of carboxylic acids is 1. The molecule has 0 bridgehead atoms. The fourth-order valence-electron chi connectivity index (χ4n) is 4.07. The smallest absolute Gasteiger partial charge is 0.306 e. The third kappa shape index (κ3) is 3.58. The van der Waals surface area contributed by atoms with Gasteiger partial charge in [0.2, 0.25) is 0 Å². The molecule has 144 valence electrons. The number of carboxylic acid groups (broad SMARTS) is 1. The predicted octanol–water partition coefficient (Wildman–Crippen LogP) is 4.13. The Hall–Kier alpha value is -2.92. The summed E-state index contributed by atoms with van der Waals surface area (Å²) >= 11 is 0. The van der Waals surface area contributed by atoms with E-state index in [1.807, 2.05) is 36.4 Å². The fourth-order valence-corrected chi connectivity index (χ4v) is 4.07. The van der Waals surface area contributed by atoms with Crippen LogP contribution in [0, 0.1) is 5.92 Å². The van der Waals surface area contributed by atoms with Crippen LogP contribution < -0.4 is 4.74 Å². The van der Waals surface area contributed by atoms with E-state index in [1.165, 1.54) is 0 Å². The molecule has 0 radical (unpaired) electrons. The number of likely N-dealkylation sites (tertiary alicyclic amines) is 1. The molecule has 4 rings (SSSR count). The monoisotopic (exact) mass is 376 g/mol. The van der Waals surface area contributed by atoms with Crippen LogP contribution in [0.3, 0.4) is 0 Å². The van der Waals surface area contributed by atoms with Gasteiger partial charge in [-0.05, 0) is 44.1 Å². The van der Waals surface area contributed by atoms with E-state index in [-0.39, 0.29) is 12.0 Å². The van der Waals surface area contributed by atoms with Gasteiger partial charge in [-0.3, -0.25) is 14.7 Å². The maximum atomic E-state index is 11.4. The molecular weight excluding hydrogens is 352 g/mol. The van der Waals surface area contributed by atoms with Gasteiger partial charge in [-0.25, -0.2) is 0 Å². The van der Waals surface area contributed by atoms with Gasteiger partial charge in [0.25, 0.3) is 0 Å². The Kier molecular flexibility index (Phi) is 5.26. The molecule has 0 saturated carbocycles. The van der Waals surface area contributed by atoms with Crippen molar-refractivity contribution in [2.45, 2.75) is 18.9 Å². The molecule has 0 spiro atoms. The zero-order chi connectivity index (χ0) is 19.5. The third-order valence-corrected chi connectivity index (χ3v) is 5.58. The van der Waals surface area contributed by atoms with E-state index in [0.717, 1.165) is 27.9 Å². The van der Waals surface area contributed by atoms with E-state index in [4.69, 9.17) is 9.72 Å². The normalized spacial score (nSPS) is 16.8. The molecule has 1 atom stereocenters. The van der Waals surface area contributed by atoms with Crippen LogP contribution in [0.1, 0.15) is 30.1 Å². The molecule has 1 aliphatic heterocycles. The molecule has 5 nitrogen and oxygen atoms in total. The van der Waals surface area contributed by atoms with Crippen LogP contribution in [0.25, 0.3) is 10.9 Å². The van der Waals surface area contributed by atoms with Gasteiger partial charge in [0.15, 0.2) is 0 Å². The van der Waals surface area contributed by atoms with Crippen molar-refractivity contribution >= 4 is 16.9 Å². The molecule has 0 amide bonds. The van der Waals surface area contributed by atoms with Crippen molar-refractivity contribution in [3.8, 4) is 5.75 Å². The highest BCUT2D eigenvalue weighted by Gasteiger charge is 2.32. The summed E-state index contributed by atoms with van der Waals surface area (Å²) in [5.41, 5.74) is 2.97. The number of piperidine rings is 1. The summed E-state index contributed by atoms with van der Waals surface area (Å²) < 4.78 is 5.64. The molecule has 0 aliphatic carbocycles. The Morgan fingerprint density at radius 3 is 2.54 bits per heavy atom. The topological polar surface area (TPSA) is 62.7 Å². The summed E-state index contributed by atoms with van der Waals surface area (Å²) in [6.07, 6.45) is 1.29. The summed E-state index contributed by atoms with van der Waals surface area (Å²) in [6, 6.07) is 20.2. The van der Waals surface area contributed by atoms with Gasteiger partial charge in [-0.15, -0.1) is 0 Å². The van der Waals surface area contributed by atoms with Gasteiger partial charge in [-0.2, -0.15) is 0 Å². The van der Waals surface area contributed by atoms with Gasteiger partial charge < -0.3 is 9.84 Å². The minimum absolute atomic E-state index is 0.0736. The lowest BCUT2D eigenvalue weighted by atomic mass is 9.92. The van der Waals surface area contributed by atoms with Gasteiger partial charge in [-0.1, -0.05) is 42.5 Å². The number of para-hydroxylation sites is 2. The zero-order valence-corrected chi connectivity index (χ0v) is 15.9. The number of carbonyl (C=O) groups is 1. The van der Waals surface area contributed by atoms with Crippen molar-refractivity contribution in [2.24, 2.45) is 5.92 Å². The SMILES string of the molecule is COc1ccccc1C(c1ccc2ccccc2n1)N1CCC(C(=O)O)CC1. The first kappa shape index (κ1) is 18.4. The molecule has 3 aromatic rings. The zero-order valence-electron chi connectivity index (χ0n) is 15.9. The van der Waals surface area contributed by atoms with E-state index < -0.39 is 5.97 Å². The maximum Gasteiger partial charge on any atom is 0.306 e. The highest BCUT2D eigenvalue weighted by molar-refractivity contribution is 5.78. The summed E-state index contributed by atoms with van der Waals surface area (Å²) in [5.74, 6) is -0.140. The predicted molar refractivity (Wildman–Crippen MR) is 109 cm³/mol. The Balaban J connectivity index is 1.76. The van der Waals surface area contributed by atoms with E-state index in [0.29, 0.717) is 25.9 Å². The van der Waals surface area contributed by atoms with E-state index in [9.17, 15) is 9.90 Å². The first-order chi connectivity index (χ1) is 13.7. The number of benzene rings is 2. The molecule has 1 aliphatic rings. The Labute approximate surface area is 164 Å². The maximum absolute atomic E-state index is 11.4. The Morgan fingerprint density at radius 2 is 1.79 bits per heavy atom. The largest absolute Gasteiger partial charge is 0.496 e. The number of hydrogen-bond donors (Lipinski definition) is 1. The Bertz CT molecular complexity index is 980. The van der Waals surface area contributed by atoms with E-state index in [1.54, 1.807) is 7.11 Å². The summed E-state index contributed by atoms with van der Waals surface area (Å²) in [6.45, 7) is 1.43.